The monoisotopic (exact) mass is 344 g/mol. The number of hydrazine groups is 1. The van der Waals surface area contributed by atoms with E-state index in [1.54, 1.807) is 40.7 Å². The number of carbonyl (C=O) groups is 1. The topological polar surface area (TPSA) is 41.6 Å². The summed E-state index contributed by atoms with van der Waals surface area (Å²) in [6.45, 7) is 8.53. The lowest BCUT2D eigenvalue weighted by atomic mass is 9.96. The number of alkyl halides is 3. The Balaban J connectivity index is 2.53. The van der Waals surface area contributed by atoms with E-state index in [-0.39, 0.29) is 17.7 Å². The van der Waals surface area contributed by atoms with E-state index in [2.05, 4.69) is 5.43 Å². The fraction of sp³-hybridized carbons (Fsp3) is 0.588. The second-order valence-electron chi connectivity index (χ2n) is 7.59. The quantitative estimate of drug-likeness (QED) is 0.902. The molecule has 0 saturated carbocycles. The number of ether oxygens (including phenoxy) is 1. The van der Waals surface area contributed by atoms with Crippen LogP contribution in [0.2, 0.25) is 0 Å². The van der Waals surface area contributed by atoms with Gasteiger partial charge in [0, 0.05) is 17.5 Å². The zero-order valence-electron chi connectivity index (χ0n) is 14.5. The molecule has 24 heavy (non-hydrogen) atoms. The first kappa shape index (κ1) is 18.6. The van der Waals surface area contributed by atoms with Crippen molar-refractivity contribution in [3.05, 3.63) is 29.8 Å². The molecule has 4 nitrogen and oxygen atoms in total. The smallest absolute Gasteiger partial charge is 0.410 e. The van der Waals surface area contributed by atoms with Gasteiger partial charge in [0.15, 0.2) is 6.04 Å². The fourth-order valence-corrected chi connectivity index (χ4v) is 2.81. The standard InChI is InChI=1S/C17H23F3N2O2/c1-15(2,3)24-12-9-7-6-8-11(12)14(17(18,19)20)22-16(4,5)10-13(23)21-22/h6-9,14H,10H2,1-5H3,(H,21,23)/t14-/m0/s1. The number of amides is 1. The van der Waals surface area contributed by atoms with E-state index in [4.69, 9.17) is 4.74 Å². The first-order chi connectivity index (χ1) is 10.8. The summed E-state index contributed by atoms with van der Waals surface area (Å²) in [4.78, 5) is 11.7. The molecule has 0 spiro atoms. The highest BCUT2D eigenvalue weighted by atomic mass is 19.4. The Labute approximate surface area is 139 Å². The van der Waals surface area contributed by atoms with Gasteiger partial charge in [-0.2, -0.15) is 18.2 Å². The maximum atomic E-state index is 13.9. The van der Waals surface area contributed by atoms with Crippen molar-refractivity contribution in [3.8, 4) is 5.75 Å². The first-order valence-electron chi connectivity index (χ1n) is 7.75. The van der Waals surface area contributed by atoms with Crippen LogP contribution in [0.25, 0.3) is 0 Å². The molecule has 2 rings (SSSR count). The van der Waals surface area contributed by atoms with Crippen LogP contribution in [0.1, 0.15) is 52.6 Å². The summed E-state index contributed by atoms with van der Waals surface area (Å²) in [5, 5.41) is 0.986. The molecule has 1 aliphatic rings. The lowest BCUT2D eigenvalue weighted by molar-refractivity contribution is -0.204. The summed E-state index contributed by atoms with van der Waals surface area (Å²) in [5.41, 5.74) is 0.731. The fourth-order valence-electron chi connectivity index (χ4n) is 2.81. The van der Waals surface area contributed by atoms with Gasteiger partial charge in [0.2, 0.25) is 5.91 Å². The van der Waals surface area contributed by atoms with Crippen molar-refractivity contribution in [3.63, 3.8) is 0 Å². The third-order valence-corrected chi connectivity index (χ3v) is 3.69. The molecule has 1 N–H and O–H groups in total. The van der Waals surface area contributed by atoms with E-state index >= 15 is 0 Å². The Morgan fingerprint density at radius 1 is 1.21 bits per heavy atom. The van der Waals surface area contributed by atoms with Crippen molar-refractivity contribution in [2.45, 2.75) is 64.4 Å². The van der Waals surface area contributed by atoms with Gasteiger partial charge in [-0.25, -0.2) is 0 Å². The van der Waals surface area contributed by atoms with Crippen LogP contribution in [0, 0.1) is 0 Å². The van der Waals surface area contributed by atoms with E-state index in [1.807, 2.05) is 0 Å². The second kappa shape index (κ2) is 5.95. The van der Waals surface area contributed by atoms with Crippen LogP contribution in [-0.4, -0.2) is 28.2 Å². The van der Waals surface area contributed by atoms with Gasteiger partial charge in [0.25, 0.3) is 0 Å². The van der Waals surface area contributed by atoms with Crippen molar-refractivity contribution < 1.29 is 22.7 Å². The van der Waals surface area contributed by atoms with Crippen molar-refractivity contribution >= 4 is 5.91 Å². The summed E-state index contributed by atoms with van der Waals surface area (Å²) >= 11 is 0. The van der Waals surface area contributed by atoms with Gasteiger partial charge < -0.3 is 4.74 Å². The van der Waals surface area contributed by atoms with Gasteiger partial charge in [-0.1, -0.05) is 18.2 Å². The Hall–Kier alpha value is -1.76. The van der Waals surface area contributed by atoms with Crippen LogP contribution in [0.15, 0.2) is 24.3 Å². The molecule has 0 radical (unpaired) electrons. The summed E-state index contributed by atoms with van der Waals surface area (Å²) in [7, 11) is 0. The highest BCUT2D eigenvalue weighted by Crippen LogP contribution is 2.45. The van der Waals surface area contributed by atoms with E-state index < -0.39 is 29.3 Å². The predicted molar refractivity (Wildman–Crippen MR) is 84.3 cm³/mol. The average Bonchev–Trinajstić information content (AvgIpc) is 2.61. The minimum Gasteiger partial charge on any atom is -0.488 e. The van der Waals surface area contributed by atoms with Gasteiger partial charge >= 0.3 is 6.18 Å². The van der Waals surface area contributed by atoms with Crippen LogP contribution >= 0.6 is 0 Å². The summed E-state index contributed by atoms with van der Waals surface area (Å²) < 4.78 is 47.4. The van der Waals surface area contributed by atoms with E-state index in [0.29, 0.717) is 0 Å². The molecule has 1 aromatic carbocycles. The number of para-hydroxylation sites is 1. The molecule has 1 heterocycles. The normalized spacial score (nSPS) is 19.9. The third kappa shape index (κ3) is 4.01. The van der Waals surface area contributed by atoms with Crippen LogP contribution in [0.4, 0.5) is 13.2 Å². The zero-order chi connectivity index (χ0) is 18.3. The van der Waals surface area contributed by atoms with Gasteiger partial charge in [0.05, 0.1) is 0 Å². The van der Waals surface area contributed by atoms with Crippen molar-refractivity contribution in [2.75, 3.05) is 0 Å². The Kier molecular flexibility index (Phi) is 4.61. The van der Waals surface area contributed by atoms with Crippen LogP contribution in [0.3, 0.4) is 0 Å². The molecule has 1 aromatic rings. The highest BCUT2D eigenvalue weighted by Gasteiger charge is 2.53. The van der Waals surface area contributed by atoms with Crippen LogP contribution in [0.5, 0.6) is 5.75 Å². The largest absolute Gasteiger partial charge is 0.488 e. The van der Waals surface area contributed by atoms with Gasteiger partial charge in [-0.05, 0) is 40.7 Å². The lowest BCUT2D eigenvalue weighted by Crippen LogP contribution is -2.51. The third-order valence-electron chi connectivity index (χ3n) is 3.69. The number of hydrogen-bond acceptors (Lipinski definition) is 3. The van der Waals surface area contributed by atoms with Crippen molar-refractivity contribution in [1.82, 2.24) is 10.4 Å². The zero-order valence-corrected chi connectivity index (χ0v) is 14.5. The molecule has 1 saturated heterocycles. The Bertz CT molecular complexity index is 621. The number of benzene rings is 1. The second-order valence-corrected chi connectivity index (χ2v) is 7.59. The van der Waals surface area contributed by atoms with Gasteiger partial charge in [-0.3, -0.25) is 10.2 Å². The minimum absolute atomic E-state index is 0.00186. The molecule has 1 fully saturated rings. The minimum atomic E-state index is -4.58. The molecule has 0 unspecified atom stereocenters. The molecular weight excluding hydrogens is 321 g/mol. The van der Waals surface area contributed by atoms with Crippen LogP contribution < -0.4 is 10.2 Å². The van der Waals surface area contributed by atoms with E-state index in [1.165, 1.54) is 18.2 Å². The summed E-state index contributed by atoms with van der Waals surface area (Å²) in [6.07, 6.45) is -4.58. The molecular formula is C17H23F3N2O2. The molecule has 1 aliphatic heterocycles. The highest BCUT2D eigenvalue weighted by molar-refractivity contribution is 5.79. The molecule has 0 bridgehead atoms. The number of nitrogens with zero attached hydrogens (tertiary/aromatic N) is 1. The first-order valence-corrected chi connectivity index (χ1v) is 7.75. The molecule has 1 atom stereocenters. The predicted octanol–water partition coefficient (Wildman–Crippen LogP) is 3.98. The molecule has 7 heteroatoms. The summed E-state index contributed by atoms with van der Waals surface area (Å²) in [5.74, 6) is -0.271. The molecule has 134 valence electrons. The maximum Gasteiger partial charge on any atom is 0.410 e. The summed E-state index contributed by atoms with van der Waals surface area (Å²) in [6, 6.07) is 4.09. The van der Waals surface area contributed by atoms with Crippen molar-refractivity contribution in [1.29, 1.82) is 0 Å². The van der Waals surface area contributed by atoms with Gasteiger partial charge in [0.1, 0.15) is 11.4 Å². The average molecular weight is 344 g/mol. The maximum absolute atomic E-state index is 13.9. The number of hydrogen-bond donors (Lipinski definition) is 1. The number of carbonyl (C=O) groups excluding carboxylic acids is 1. The van der Waals surface area contributed by atoms with Crippen molar-refractivity contribution in [2.24, 2.45) is 0 Å². The van der Waals surface area contributed by atoms with E-state index in [9.17, 15) is 18.0 Å². The number of nitrogens with one attached hydrogen (secondary N) is 1. The SMILES string of the molecule is CC(C)(C)Oc1ccccc1[C@H](N1NC(=O)CC1(C)C)C(F)(F)F. The van der Waals surface area contributed by atoms with Gasteiger partial charge in [-0.15, -0.1) is 0 Å². The number of rotatable bonds is 3. The van der Waals surface area contributed by atoms with E-state index in [0.717, 1.165) is 5.01 Å². The number of halogens is 3. The van der Waals surface area contributed by atoms with Crippen LogP contribution in [-0.2, 0) is 4.79 Å². The lowest BCUT2D eigenvalue weighted by Gasteiger charge is -2.38. The molecule has 1 amide bonds. The molecule has 0 aliphatic carbocycles. The Morgan fingerprint density at radius 2 is 1.79 bits per heavy atom. The Morgan fingerprint density at radius 3 is 2.25 bits per heavy atom. The molecule has 0 aromatic heterocycles.